The molecule has 4 heteroatoms. The van der Waals surface area contributed by atoms with Gasteiger partial charge in [0.1, 0.15) is 5.82 Å². The van der Waals surface area contributed by atoms with Gasteiger partial charge in [0.2, 0.25) is 0 Å². The molecule has 1 heterocycles. The molecule has 2 N–H and O–H groups in total. The summed E-state index contributed by atoms with van der Waals surface area (Å²) < 4.78 is 14.9. The zero-order valence-electron chi connectivity index (χ0n) is 11.6. The average Bonchev–Trinajstić information content (AvgIpc) is 2.75. The van der Waals surface area contributed by atoms with Crippen LogP contribution in [-0.4, -0.2) is 16.3 Å². The van der Waals surface area contributed by atoms with Crippen molar-refractivity contribution in [2.75, 3.05) is 6.54 Å². The highest BCUT2D eigenvalue weighted by molar-refractivity contribution is 5.31. The highest BCUT2D eigenvalue weighted by Crippen LogP contribution is 2.26. The van der Waals surface area contributed by atoms with Crippen LogP contribution in [0.25, 0.3) is 0 Å². The Morgan fingerprint density at radius 2 is 1.89 bits per heavy atom. The van der Waals surface area contributed by atoms with Gasteiger partial charge in [0.25, 0.3) is 0 Å². The lowest BCUT2D eigenvalue weighted by Gasteiger charge is -2.15. The molecule has 102 valence electrons. The fraction of sp³-hybridized carbons (Fsp3) is 0.400. The molecular formula is C15H20FN3. The van der Waals surface area contributed by atoms with Gasteiger partial charge in [-0.05, 0) is 29.7 Å². The van der Waals surface area contributed by atoms with E-state index in [2.05, 4.69) is 25.0 Å². The third-order valence-corrected chi connectivity index (χ3v) is 3.39. The Balaban J connectivity index is 2.39. The summed E-state index contributed by atoms with van der Waals surface area (Å²) >= 11 is 0. The zero-order chi connectivity index (χ0) is 14.0. The summed E-state index contributed by atoms with van der Waals surface area (Å²) in [5.41, 5.74) is 9.03. The summed E-state index contributed by atoms with van der Waals surface area (Å²) in [5.74, 6) is 0.199. The monoisotopic (exact) mass is 261 g/mol. The van der Waals surface area contributed by atoms with Crippen LogP contribution in [0.2, 0.25) is 0 Å². The Kier molecular flexibility index (Phi) is 4.00. The second kappa shape index (κ2) is 5.53. The van der Waals surface area contributed by atoms with Crippen LogP contribution >= 0.6 is 0 Å². The Bertz CT molecular complexity index is 543. The largest absolute Gasteiger partial charge is 0.329 e. The van der Waals surface area contributed by atoms with Crippen LogP contribution < -0.4 is 5.73 Å². The fourth-order valence-corrected chi connectivity index (χ4v) is 2.24. The van der Waals surface area contributed by atoms with Crippen LogP contribution in [0.1, 0.15) is 42.6 Å². The van der Waals surface area contributed by atoms with E-state index in [9.17, 15) is 4.39 Å². The molecular weight excluding hydrogens is 241 g/mol. The summed E-state index contributed by atoms with van der Waals surface area (Å²) in [6, 6.07) is 8.60. The van der Waals surface area contributed by atoms with Gasteiger partial charge in [0, 0.05) is 25.2 Å². The zero-order valence-corrected chi connectivity index (χ0v) is 11.6. The summed E-state index contributed by atoms with van der Waals surface area (Å²) in [6.07, 6.45) is 0. The highest BCUT2D eigenvalue weighted by atomic mass is 19.1. The molecule has 0 fully saturated rings. The van der Waals surface area contributed by atoms with Crippen molar-refractivity contribution in [2.24, 2.45) is 12.8 Å². The highest BCUT2D eigenvalue weighted by Gasteiger charge is 2.18. The van der Waals surface area contributed by atoms with Crippen LogP contribution in [0, 0.1) is 5.82 Å². The molecule has 3 nitrogen and oxygen atoms in total. The SMILES string of the molecule is CC(C)c1cc(C(CN)c2ccc(F)cc2)n(C)n1. The third-order valence-electron chi connectivity index (χ3n) is 3.39. The molecule has 0 aliphatic rings. The van der Waals surface area contributed by atoms with Crippen molar-refractivity contribution >= 4 is 0 Å². The Labute approximate surface area is 113 Å². The first-order chi connectivity index (χ1) is 9.02. The van der Waals surface area contributed by atoms with Crippen LogP contribution in [0.15, 0.2) is 30.3 Å². The smallest absolute Gasteiger partial charge is 0.123 e. The van der Waals surface area contributed by atoms with Crippen molar-refractivity contribution in [3.63, 3.8) is 0 Å². The number of hydrogen-bond donors (Lipinski definition) is 1. The minimum absolute atomic E-state index is 0.0469. The molecule has 0 amide bonds. The molecule has 0 aliphatic heterocycles. The van der Waals surface area contributed by atoms with Crippen molar-refractivity contribution < 1.29 is 4.39 Å². The van der Waals surface area contributed by atoms with Crippen molar-refractivity contribution in [2.45, 2.75) is 25.7 Å². The molecule has 1 unspecified atom stereocenters. The quantitative estimate of drug-likeness (QED) is 0.919. The maximum absolute atomic E-state index is 13.0. The van der Waals surface area contributed by atoms with Gasteiger partial charge in [-0.1, -0.05) is 26.0 Å². The van der Waals surface area contributed by atoms with Crippen molar-refractivity contribution in [1.82, 2.24) is 9.78 Å². The number of nitrogens with two attached hydrogens (primary N) is 1. The van der Waals surface area contributed by atoms with E-state index in [0.717, 1.165) is 17.0 Å². The van der Waals surface area contributed by atoms with E-state index in [1.807, 2.05) is 11.7 Å². The van der Waals surface area contributed by atoms with Gasteiger partial charge in [-0.15, -0.1) is 0 Å². The van der Waals surface area contributed by atoms with E-state index in [0.29, 0.717) is 12.5 Å². The minimum Gasteiger partial charge on any atom is -0.329 e. The van der Waals surface area contributed by atoms with Crippen molar-refractivity contribution in [3.8, 4) is 0 Å². The average molecular weight is 261 g/mol. The first-order valence-corrected chi connectivity index (χ1v) is 6.52. The van der Waals surface area contributed by atoms with E-state index in [1.165, 1.54) is 12.1 Å². The summed E-state index contributed by atoms with van der Waals surface area (Å²) in [4.78, 5) is 0. The standard InChI is InChI=1S/C15H20FN3/c1-10(2)14-8-15(19(3)18-14)13(9-17)11-4-6-12(16)7-5-11/h4-8,10,13H,9,17H2,1-3H3. The number of aryl methyl sites for hydroxylation is 1. The molecule has 1 aromatic carbocycles. The molecule has 0 aliphatic carbocycles. The van der Waals surface area contributed by atoms with Gasteiger partial charge in [0.15, 0.2) is 0 Å². The predicted octanol–water partition coefficient (Wildman–Crippen LogP) is 2.77. The van der Waals surface area contributed by atoms with Crippen LogP contribution in [0.5, 0.6) is 0 Å². The maximum atomic E-state index is 13.0. The Morgan fingerprint density at radius 1 is 1.26 bits per heavy atom. The van der Waals surface area contributed by atoms with E-state index in [1.54, 1.807) is 12.1 Å². The Hall–Kier alpha value is -1.68. The maximum Gasteiger partial charge on any atom is 0.123 e. The molecule has 2 aromatic rings. The molecule has 0 radical (unpaired) electrons. The van der Waals surface area contributed by atoms with Crippen LogP contribution in [0.4, 0.5) is 4.39 Å². The Morgan fingerprint density at radius 3 is 2.37 bits per heavy atom. The number of aromatic nitrogens is 2. The van der Waals surface area contributed by atoms with E-state index < -0.39 is 0 Å². The van der Waals surface area contributed by atoms with E-state index >= 15 is 0 Å². The molecule has 0 saturated carbocycles. The van der Waals surface area contributed by atoms with Gasteiger partial charge in [-0.2, -0.15) is 5.10 Å². The van der Waals surface area contributed by atoms with Gasteiger partial charge in [0.05, 0.1) is 5.69 Å². The number of halogens is 1. The summed E-state index contributed by atoms with van der Waals surface area (Å²) in [7, 11) is 1.92. The molecule has 0 bridgehead atoms. The number of nitrogens with zero attached hydrogens (tertiary/aromatic N) is 2. The van der Waals surface area contributed by atoms with Crippen molar-refractivity contribution in [3.05, 3.63) is 53.1 Å². The third kappa shape index (κ3) is 2.84. The summed E-state index contributed by atoms with van der Waals surface area (Å²) in [6.45, 7) is 4.70. The number of benzene rings is 1. The predicted molar refractivity (Wildman–Crippen MR) is 74.6 cm³/mol. The van der Waals surface area contributed by atoms with Gasteiger partial charge in [-0.3, -0.25) is 4.68 Å². The van der Waals surface area contributed by atoms with Crippen LogP contribution in [-0.2, 0) is 7.05 Å². The van der Waals surface area contributed by atoms with Gasteiger partial charge < -0.3 is 5.73 Å². The number of hydrogen-bond acceptors (Lipinski definition) is 2. The molecule has 1 atom stereocenters. The normalized spacial score (nSPS) is 12.9. The lowest BCUT2D eigenvalue weighted by molar-refractivity contribution is 0.623. The van der Waals surface area contributed by atoms with Crippen LogP contribution in [0.3, 0.4) is 0 Å². The van der Waals surface area contributed by atoms with E-state index in [-0.39, 0.29) is 11.7 Å². The minimum atomic E-state index is -0.229. The molecule has 1 aromatic heterocycles. The topological polar surface area (TPSA) is 43.8 Å². The molecule has 19 heavy (non-hydrogen) atoms. The van der Waals surface area contributed by atoms with Gasteiger partial charge in [-0.25, -0.2) is 4.39 Å². The number of rotatable bonds is 4. The molecule has 0 spiro atoms. The molecule has 0 saturated heterocycles. The second-order valence-electron chi connectivity index (χ2n) is 5.11. The first-order valence-electron chi connectivity index (χ1n) is 6.52. The first kappa shape index (κ1) is 13.7. The molecule has 2 rings (SSSR count). The van der Waals surface area contributed by atoms with Crippen molar-refractivity contribution in [1.29, 1.82) is 0 Å². The van der Waals surface area contributed by atoms with E-state index in [4.69, 9.17) is 5.73 Å². The van der Waals surface area contributed by atoms with Gasteiger partial charge >= 0.3 is 0 Å². The summed E-state index contributed by atoms with van der Waals surface area (Å²) in [5, 5.41) is 4.51. The lowest BCUT2D eigenvalue weighted by atomic mass is 9.95. The lowest BCUT2D eigenvalue weighted by Crippen LogP contribution is -2.17. The fourth-order valence-electron chi connectivity index (χ4n) is 2.24. The second-order valence-corrected chi connectivity index (χ2v) is 5.11.